The predicted octanol–water partition coefficient (Wildman–Crippen LogP) is 4.93. The highest BCUT2D eigenvalue weighted by Crippen LogP contribution is 2.35. The number of halogens is 1. The molecule has 1 aromatic carbocycles. The maximum Gasteiger partial charge on any atom is 0.242 e. The van der Waals surface area contributed by atoms with E-state index < -0.39 is 5.25 Å². The van der Waals surface area contributed by atoms with E-state index in [0.717, 1.165) is 29.4 Å². The molecule has 2 heterocycles. The molecule has 2 aliphatic rings. The molecule has 9 heteroatoms. The van der Waals surface area contributed by atoms with E-state index >= 15 is 0 Å². The maximum atomic E-state index is 12.9. The monoisotopic (exact) mass is 504 g/mol. The van der Waals surface area contributed by atoms with Crippen LogP contribution in [0.4, 0.5) is 10.8 Å². The molecule has 1 N–H and O–H groups in total. The molecule has 1 aliphatic heterocycles. The highest BCUT2D eigenvalue weighted by Gasteiger charge is 2.38. The van der Waals surface area contributed by atoms with Gasteiger partial charge in [-0.15, -0.1) is 6.58 Å². The summed E-state index contributed by atoms with van der Waals surface area (Å²) in [7, 11) is 0. The van der Waals surface area contributed by atoms with Gasteiger partial charge in [0.15, 0.2) is 5.17 Å². The first kappa shape index (κ1) is 21.3. The van der Waals surface area contributed by atoms with Crippen LogP contribution >= 0.6 is 39.0 Å². The summed E-state index contributed by atoms with van der Waals surface area (Å²) >= 11 is 6.30. The summed E-state index contributed by atoms with van der Waals surface area (Å²) in [6, 6.07) is 7.34. The zero-order valence-corrected chi connectivity index (χ0v) is 19.5. The van der Waals surface area contributed by atoms with Crippen LogP contribution in [0.1, 0.15) is 29.8 Å². The Bertz CT molecular complexity index is 979. The molecule has 1 aliphatic carbocycles. The number of aliphatic imine (C=N–C) groups is 1. The van der Waals surface area contributed by atoms with Crippen LogP contribution in [-0.4, -0.2) is 38.7 Å². The number of aryl methyl sites for hydroxylation is 2. The second-order valence-electron chi connectivity index (χ2n) is 7.07. The normalized spacial score (nSPS) is 19.8. The topological polar surface area (TPSA) is 74.7 Å². The Hall–Kier alpha value is -1.97. The first-order valence-corrected chi connectivity index (χ1v) is 12.2. The van der Waals surface area contributed by atoms with Crippen LogP contribution in [0, 0.1) is 0 Å². The van der Waals surface area contributed by atoms with Gasteiger partial charge in [-0.1, -0.05) is 45.1 Å². The van der Waals surface area contributed by atoms with Gasteiger partial charge in [0.05, 0.1) is 5.69 Å². The number of benzene rings is 1. The number of hydrogen-bond donors (Lipinski definition) is 1. The molecule has 2 amide bonds. The van der Waals surface area contributed by atoms with E-state index in [-0.39, 0.29) is 18.2 Å². The van der Waals surface area contributed by atoms with Gasteiger partial charge in [0, 0.05) is 28.0 Å². The van der Waals surface area contributed by atoms with Crippen molar-refractivity contribution in [3.8, 4) is 0 Å². The third-order valence-corrected chi connectivity index (χ3v) is 7.61. The van der Waals surface area contributed by atoms with Crippen LogP contribution in [0.2, 0.25) is 0 Å². The molecule has 0 spiro atoms. The average Bonchev–Trinajstić information content (AvgIpc) is 3.26. The van der Waals surface area contributed by atoms with Gasteiger partial charge in [-0.25, -0.2) is 4.98 Å². The fourth-order valence-electron chi connectivity index (χ4n) is 3.40. The van der Waals surface area contributed by atoms with Crippen molar-refractivity contribution in [3.63, 3.8) is 0 Å². The van der Waals surface area contributed by atoms with Crippen molar-refractivity contribution >= 4 is 66.8 Å². The third kappa shape index (κ3) is 4.84. The number of carbonyl (C=O) groups is 2. The number of fused-ring (bicyclic) bond motifs is 1. The Morgan fingerprint density at radius 2 is 2.10 bits per heavy atom. The van der Waals surface area contributed by atoms with E-state index in [2.05, 4.69) is 37.8 Å². The molecule has 1 fully saturated rings. The lowest BCUT2D eigenvalue weighted by Crippen LogP contribution is -2.33. The van der Waals surface area contributed by atoms with Gasteiger partial charge in [-0.2, -0.15) is 4.99 Å². The highest BCUT2D eigenvalue weighted by molar-refractivity contribution is 9.10. The molecular weight excluding hydrogens is 484 g/mol. The standard InChI is InChI=1S/C21H21BrN4O2S2/c1-2-11-26-19(28)17(12-18(27)23-14-9-7-13(22)8-10-14)30-21(26)25-20-24-15-5-3-4-6-16(15)29-20/h2,7-10,17H,1,3-6,11-12H2,(H,23,27). The average molecular weight is 505 g/mol. The number of thioether (sulfide) groups is 1. The lowest BCUT2D eigenvalue weighted by atomic mass is 10.0. The lowest BCUT2D eigenvalue weighted by molar-refractivity contribution is -0.127. The van der Waals surface area contributed by atoms with Gasteiger partial charge in [-0.05, 0) is 49.9 Å². The van der Waals surface area contributed by atoms with Gasteiger partial charge in [0.25, 0.3) is 0 Å². The van der Waals surface area contributed by atoms with Crippen molar-refractivity contribution in [3.05, 3.63) is 52.0 Å². The first-order valence-electron chi connectivity index (χ1n) is 9.75. The largest absolute Gasteiger partial charge is 0.326 e. The molecule has 1 atom stereocenters. The Kier molecular flexibility index (Phi) is 6.70. The molecule has 0 saturated carbocycles. The maximum absolute atomic E-state index is 12.9. The van der Waals surface area contributed by atoms with Gasteiger partial charge in [0.1, 0.15) is 5.25 Å². The van der Waals surface area contributed by atoms with Gasteiger partial charge < -0.3 is 5.32 Å². The van der Waals surface area contributed by atoms with Crippen LogP contribution in [0.5, 0.6) is 0 Å². The smallest absolute Gasteiger partial charge is 0.242 e. The number of amides is 2. The van der Waals surface area contributed by atoms with Gasteiger partial charge >= 0.3 is 0 Å². The second kappa shape index (κ2) is 9.45. The zero-order valence-electron chi connectivity index (χ0n) is 16.3. The molecule has 156 valence electrons. The van der Waals surface area contributed by atoms with E-state index in [0.29, 0.717) is 22.5 Å². The van der Waals surface area contributed by atoms with E-state index in [1.165, 1.54) is 23.1 Å². The minimum Gasteiger partial charge on any atom is -0.326 e. The van der Waals surface area contributed by atoms with Crippen molar-refractivity contribution in [2.24, 2.45) is 4.99 Å². The van der Waals surface area contributed by atoms with Crippen molar-refractivity contribution in [1.29, 1.82) is 0 Å². The van der Waals surface area contributed by atoms with Gasteiger partial charge in [0.2, 0.25) is 16.9 Å². The quantitative estimate of drug-likeness (QED) is 0.565. The minimum absolute atomic E-state index is 0.0839. The molecule has 2 aromatic rings. The summed E-state index contributed by atoms with van der Waals surface area (Å²) in [5, 5.41) is 3.62. The number of amidine groups is 1. The molecule has 0 bridgehead atoms. The van der Waals surface area contributed by atoms with Crippen LogP contribution in [-0.2, 0) is 22.4 Å². The van der Waals surface area contributed by atoms with Crippen molar-refractivity contribution in [2.75, 3.05) is 11.9 Å². The van der Waals surface area contributed by atoms with Crippen LogP contribution in [0.25, 0.3) is 0 Å². The zero-order chi connectivity index (χ0) is 21.1. The third-order valence-electron chi connectivity index (χ3n) is 4.86. The van der Waals surface area contributed by atoms with E-state index in [9.17, 15) is 9.59 Å². The lowest BCUT2D eigenvalue weighted by Gasteiger charge is -2.13. The summed E-state index contributed by atoms with van der Waals surface area (Å²) in [6.45, 7) is 4.11. The van der Waals surface area contributed by atoms with Crippen molar-refractivity contribution in [1.82, 2.24) is 9.88 Å². The van der Waals surface area contributed by atoms with E-state index in [1.54, 1.807) is 22.3 Å². The van der Waals surface area contributed by atoms with Crippen molar-refractivity contribution in [2.45, 2.75) is 37.4 Å². The number of anilines is 1. The Balaban J connectivity index is 1.48. The van der Waals surface area contributed by atoms with Crippen molar-refractivity contribution < 1.29 is 9.59 Å². The second-order valence-corrected chi connectivity index (χ2v) is 10.2. The first-order chi connectivity index (χ1) is 14.5. The predicted molar refractivity (Wildman–Crippen MR) is 127 cm³/mol. The minimum atomic E-state index is -0.506. The Morgan fingerprint density at radius 3 is 2.83 bits per heavy atom. The summed E-state index contributed by atoms with van der Waals surface area (Å²) in [5.74, 6) is -0.321. The van der Waals surface area contributed by atoms with E-state index in [4.69, 9.17) is 0 Å². The van der Waals surface area contributed by atoms with Crippen LogP contribution in [0.3, 0.4) is 0 Å². The Labute approximate surface area is 192 Å². The number of hydrogen-bond acceptors (Lipinski definition) is 6. The molecule has 6 nitrogen and oxygen atoms in total. The van der Waals surface area contributed by atoms with Crippen LogP contribution in [0.15, 0.2) is 46.4 Å². The number of rotatable bonds is 6. The molecule has 1 unspecified atom stereocenters. The summed E-state index contributed by atoms with van der Waals surface area (Å²) in [5.41, 5.74) is 1.84. The molecule has 30 heavy (non-hydrogen) atoms. The number of thiazole rings is 1. The number of nitrogens with one attached hydrogen (secondary N) is 1. The highest BCUT2D eigenvalue weighted by atomic mass is 79.9. The van der Waals surface area contributed by atoms with Gasteiger partial charge in [-0.3, -0.25) is 14.5 Å². The number of carbonyl (C=O) groups excluding carboxylic acids is 2. The fourth-order valence-corrected chi connectivity index (χ4v) is 5.89. The molecule has 4 rings (SSSR count). The van der Waals surface area contributed by atoms with E-state index in [1.807, 2.05) is 24.3 Å². The fraction of sp³-hybridized carbons (Fsp3) is 0.333. The number of nitrogens with zero attached hydrogens (tertiary/aromatic N) is 3. The summed E-state index contributed by atoms with van der Waals surface area (Å²) in [4.78, 5) is 37.6. The SMILES string of the molecule is C=CCN1C(=O)C(CC(=O)Nc2ccc(Br)cc2)SC1=Nc1nc2c(s1)CCCC2. The molecule has 0 radical (unpaired) electrons. The summed E-state index contributed by atoms with van der Waals surface area (Å²) in [6.07, 6.45) is 6.16. The molecule has 1 aromatic heterocycles. The molecule has 1 saturated heterocycles. The number of aromatic nitrogens is 1. The molecular formula is C21H21BrN4O2S2. The Morgan fingerprint density at radius 1 is 1.33 bits per heavy atom. The summed E-state index contributed by atoms with van der Waals surface area (Å²) < 4.78 is 0.937. The van der Waals surface area contributed by atoms with Crippen LogP contribution < -0.4 is 5.32 Å².